The van der Waals surface area contributed by atoms with Crippen molar-refractivity contribution in [2.45, 2.75) is 25.8 Å². The van der Waals surface area contributed by atoms with Crippen LogP contribution in [0.25, 0.3) is 16.8 Å². The highest BCUT2D eigenvalue weighted by atomic mass is 35.5. The van der Waals surface area contributed by atoms with Gasteiger partial charge in [-0.05, 0) is 36.6 Å². The summed E-state index contributed by atoms with van der Waals surface area (Å²) in [6.45, 7) is 3.47. The summed E-state index contributed by atoms with van der Waals surface area (Å²) in [4.78, 5) is 21.5. The molecule has 31 heavy (non-hydrogen) atoms. The highest BCUT2D eigenvalue weighted by molar-refractivity contribution is 6.36. The summed E-state index contributed by atoms with van der Waals surface area (Å²) in [7, 11) is 0. The van der Waals surface area contributed by atoms with E-state index < -0.39 is 0 Å². The molecule has 2 aliphatic rings. The number of hydrogen-bond donors (Lipinski definition) is 1. The van der Waals surface area contributed by atoms with E-state index >= 15 is 0 Å². The fourth-order valence-electron chi connectivity index (χ4n) is 4.47. The van der Waals surface area contributed by atoms with Crippen LogP contribution in [0.5, 0.6) is 0 Å². The van der Waals surface area contributed by atoms with E-state index in [2.05, 4.69) is 20.5 Å². The molecule has 1 aromatic carbocycles. The molecule has 5 rings (SSSR count). The number of amides is 1. The lowest BCUT2D eigenvalue weighted by Gasteiger charge is -2.38. The van der Waals surface area contributed by atoms with Crippen LogP contribution in [-0.2, 0) is 11.3 Å². The van der Waals surface area contributed by atoms with Crippen LogP contribution in [-0.4, -0.2) is 46.4 Å². The number of benzene rings is 1. The lowest BCUT2D eigenvalue weighted by molar-refractivity contribution is -0.138. The fraction of sp³-hybridized carbons (Fsp3) is 0.391. The maximum absolute atomic E-state index is 12.6. The maximum atomic E-state index is 12.6. The largest absolute Gasteiger partial charge is 0.353 e. The van der Waals surface area contributed by atoms with Gasteiger partial charge >= 0.3 is 0 Å². The Hall–Kier alpha value is -2.28. The Balaban J connectivity index is 1.44. The Kier molecular flexibility index (Phi) is 5.54. The molecule has 162 valence electrons. The predicted molar refractivity (Wildman–Crippen MR) is 125 cm³/mol. The van der Waals surface area contributed by atoms with Gasteiger partial charge in [0.1, 0.15) is 11.5 Å². The zero-order valence-electron chi connectivity index (χ0n) is 17.2. The maximum Gasteiger partial charge on any atom is 0.225 e. The van der Waals surface area contributed by atoms with Gasteiger partial charge in [0, 0.05) is 66.0 Å². The van der Waals surface area contributed by atoms with Crippen molar-refractivity contribution in [1.82, 2.24) is 14.3 Å². The number of fused-ring (bicyclic) bond motifs is 1. The second kappa shape index (κ2) is 8.34. The molecule has 0 unspecified atom stereocenters. The molecule has 3 heterocycles. The standard InChI is InChI=1S/C23H25Cl2N5O/c24-17-4-5-18(20(25)11-17)19-14-30-21(10-16(19)12-26)27-13-22(30)28-6-8-29(9-7-28)23(31)15-2-1-3-15/h4-5,10-11,13-15H,1-3,6-9,12,26H2. The van der Waals surface area contributed by atoms with E-state index in [-0.39, 0.29) is 5.92 Å². The lowest BCUT2D eigenvalue weighted by Crippen LogP contribution is -2.51. The van der Waals surface area contributed by atoms with Crippen LogP contribution in [0.3, 0.4) is 0 Å². The van der Waals surface area contributed by atoms with Crippen molar-refractivity contribution in [1.29, 1.82) is 0 Å². The normalized spacial score (nSPS) is 17.3. The molecule has 1 aliphatic heterocycles. The third-order valence-electron chi connectivity index (χ3n) is 6.52. The number of aromatic nitrogens is 2. The van der Waals surface area contributed by atoms with Crippen LogP contribution < -0.4 is 10.6 Å². The first-order chi connectivity index (χ1) is 15.0. The van der Waals surface area contributed by atoms with Crippen LogP contribution in [0, 0.1) is 5.92 Å². The minimum atomic E-state index is 0.253. The van der Waals surface area contributed by atoms with Gasteiger partial charge in [0.25, 0.3) is 0 Å². The number of nitrogens with zero attached hydrogens (tertiary/aromatic N) is 4. The molecular weight excluding hydrogens is 433 g/mol. The van der Waals surface area contributed by atoms with Gasteiger partial charge in [-0.1, -0.05) is 35.7 Å². The van der Waals surface area contributed by atoms with Crippen LogP contribution in [0.2, 0.25) is 10.0 Å². The summed E-state index contributed by atoms with van der Waals surface area (Å²) in [6.07, 6.45) is 7.23. The average molecular weight is 458 g/mol. The van der Waals surface area contributed by atoms with E-state index in [9.17, 15) is 4.79 Å². The molecule has 0 spiro atoms. The van der Waals surface area contributed by atoms with E-state index in [1.54, 1.807) is 6.07 Å². The average Bonchev–Trinajstić information content (AvgIpc) is 3.14. The molecule has 1 aliphatic carbocycles. The molecule has 2 N–H and O–H groups in total. The number of hydrogen-bond acceptors (Lipinski definition) is 4. The van der Waals surface area contributed by atoms with E-state index in [0.29, 0.717) is 22.5 Å². The molecule has 1 amide bonds. The molecule has 0 radical (unpaired) electrons. The summed E-state index contributed by atoms with van der Waals surface area (Å²) < 4.78 is 2.09. The third kappa shape index (κ3) is 3.77. The molecule has 2 fully saturated rings. The number of halogens is 2. The first kappa shape index (κ1) is 20.6. The van der Waals surface area contributed by atoms with Gasteiger partial charge in [-0.15, -0.1) is 0 Å². The zero-order chi connectivity index (χ0) is 21.5. The van der Waals surface area contributed by atoms with Crippen molar-refractivity contribution < 1.29 is 4.79 Å². The monoisotopic (exact) mass is 457 g/mol. The molecule has 3 aromatic rings. The van der Waals surface area contributed by atoms with Crippen LogP contribution >= 0.6 is 23.2 Å². The summed E-state index contributed by atoms with van der Waals surface area (Å²) in [5, 5.41) is 1.19. The van der Waals surface area contributed by atoms with Crippen LogP contribution in [0.15, 0.2) is 36.7 Å². The fourth-order valence-corrected chi connectivity index (χ4v) is 4.98. The van der Waals surface area contributed by atoms with Crippen LogP contribution in [0.1, 0.15) is 24.8 Å². The zero-order valence-corrected chi connectivity index (χ0v) is 18.7. The molecule has 6 nitrogen and oxygen atoms in total. The number of carbonyl (C=O) groups excluding carboxylic acids is 1. The molecule has 0 atom stereocenters. The Labute approximate surface area is 191 Å². The number of nitrogens with two attached hydrogens (primary N) is 1. The van der Waals surface area contributed by atoms with Crippen molar-refractivity contribution in [3.8, 4) is 11.1 Å². The summed E-state index contributed by atoms with van der Waals surface area (Å²) in [5.41, 5.74) is 9.72. The first-order valence-corrected chi connectivity index (χ1v) is 11.5. The van der Waals surface area contributed by atoms with E-state index in [0.717, 1.165) is 67.2 Å². The van der Waals surface area contributed by atoms with Crippen molar-refractivity contribution in [3.05, 3.63) is 52.3 Å². The van der Waals surface area contributed by atoms with Gasteiger partial charge in [0.2, 0.25) is 5.91 Å². The topological polar surface area (TPSA) is 66.9 Å². The third-order valence-corrected chi connectivity index (χ3v) is 7.07. The molecule has 8 heteroatoms. The summed E-state index contributed by atoms with van der Waals surface area (Å²) in [5.74, 6) is 1.60. The molecule has 1 saturated heterocycles. The smallest absolute Gasteiger partial charge is 0.225 e. The predicted octanol–water partition coefficient (Wildman–Crippen LogP) is 4.22. The Bertz CT molecular complexity index is 1130. The van der Waals surface area contributed by atoms with Crippen molar-refractivity contribution in [2.75, 3.05) is 31.1 Å². The van der Waals surface area contributed by atoms with E-state index in [4.69, 9.17) is 28.9 Å². The second-order valence-corrected chi connectivity index (χ2v) is 9.17. The SMILES string of the molecule is NCc1cc2ncc(N3CCN(C(=O)C4CCC4)CC3)n2cc1-c1ccc(Cl)cc1Cl. The first-order valence-electron chi connectivity index (χ1n) is 10.7. The van der Waals surface area contributed by atoms with E-state index in [1.165, 1.54) is 6.42 Å². The Morgan fingerprint density at radius 1 is 1.10 bits per heavy atom. The Morgan fingerprint density at radius 3 is 2.52 bits per heavy atom. The minimum Gasteiger partial charge on any atom is -0.353 e. The number of anilines is 1. The van der Waals surface area contributed by atoms with Gasteiger partial charge in [-0.2, -0.15) is 0 Å². The van der Waals surface area contributed by atoms with Crippen molar-refractivity contribution in [3.63, 3.8) is 0 Å². The van der Waals surface area contributed by atoms with Gasteiger partial charge in [-0.25, -0.2) is 4.98 Å². The van der Waals surface area contributed by atoms with Crippen molar-refractivity contribution >= 4 is 40.6 Å². The van der Waals surface area contributed by atoms with Gasteiger partial charge in [0.15, 0.2) is 0 Å². The number of imidazole rings is 1. The highest BCUT2D eigenvalue weighted by Crippen LogP contribution is 2.34. The summed E-state index contributed by atoms with van der Waals surface area (Å²) >= 11 is 12.6. The quantitative estimate of drug-likeness (QED) is 0.636. The highest BCUT2D eigenvalue weighted by Gasteiger charge is 2.31. The second-order valence-electron chi connectivity index (χ2n) is 8.33. The summed E-state index contributed by atoms with van der Waals surface area (Å²) in [6, 6.07) is 7.52. The molecule has 0 bridgehead atoms. The van der Waals surface area contributed by atoms with E-state index in [1.807, 2.05) is 29.3 Å². The van der Waals surface area contributed by atoms with Crippen molar-refractivity contribution in [2.24, 2.45) is 11.7 Å². The Morgan fingerprint density at radius 2 is 1.87 bits per heavy atom. The number of rotatable bonds is 4. The number of pyridine rings is 1. The van der Waals surface area contributed by atoms with Gasteiger partial charge in [0.05, 0.1) is 6.20 Å². The lowest BCUT2D eigenvalue weighted by atomic mass is 9.84. The molecule has 2 aromatic heterocycles. The van der Waals surface area contributed by atoms with Gasteiger partial charge in [-0.3, -0.25) is 9.20 Å². The molecule has 1 saturated carbocycles. The van der Waals surface area contributed by atoms with Gasteiger partial charge < -0.3 is 15.5 Å². The minimum absolute atomic E-state index is 0.253. The molecular formula is C23H25Cl2N5O. The number of piperazine rings is 1. The number of carbonyl (C=O) groups is 1. The van der Waals surface area contributed by atoms with Crippen LogP contribution in [0.4, 0.5) is 5.82 Å².